The smallest absolute Gasteiger partial charge is 0.426 e. The van der Waals surface area contributed by atoms with Crippen LogP contribution < -0.4 is 4.74 Å². The zero-order chi connectivity index (χ0) is 29.8. The van der Waals surface area contributed by atoms with E-state index < -0.39 is 30.7 Å². The van der Waals surface area contributed by atoms with Gasteiger partial charge < -0.3 is 14.9 Å². The van der Waals surface area contributed by atoms with E-state index in [1.54, 1.807) is 16.6 Å². The number of carboxylic acid groups (broad SMARTS) is 1. The maximum absolute atomic E-state index is 14.0. The van der Waals surface area contributed by atoms with E-state index in [0.717, 1.165) is 37.9 Å². The van der Waals surface area contributed by atoms with Gasteiger partial charge in [0.05, 0.1) is 11.9 Å². The summed E-state index contributed by atoms with van der Waals surface area (Å²) in [5.74, 6) is -1.85. The number of halogens is 3. The van der Waals surface area contributed by atoms with Gasteiger partial charge in [0.15, 0.2) is 0 Å². The van der Waals surface area contributed by atoms with Crippen LogP contribution in [0.25, 0.3) is 21.1 Å². The van der Waals surface area contributed by atoms with Gasteiger partial charge in [-0.2, -0.15) is 13.2 Å². The van der Waals surface area contributed by atoms with Gasteiger partial charge in [0.1, 0.15) is 17.0 Å². The van der Waals surface area contributed by atoms with Gasteiger partial charge in [-0.1, -0.05) is 17.3 Å². The predicted molar refractivity (Wildman–Crippen MR) is 150 cm³/mol. The van der Waals surface area contributed by atoms with Crippen molar-refractivity contribution in [2.24, 2.45) is 7.05 Å². The molecular formula is C29H26F3N5O4S. The van der Waals surface area contributed by atoms with E-state index in [1.807, 2.05) is 42.6 Å². The molecular weight excluding hydrogens is 571 g/mol. The van der Waals surface area contributed by atoms with Crippen molar-refractivity contribution in [2.45, 2.75) is 44.6 Å². The van der Waals surface area contributed by atoms with Gasteiger partial charge in [-0.05, 0) is 64.2 Å². The number of aliphatic carboxylic acids is 1. The molecule has 1 aliphatic rings. The molecule has 0 spiro atoms. The van der Waals surface area contributed by atoms with E-state index >= 15 is 0 Å². The predicted octanol–water partition coefficient (Wildman–Crippen LogP) is 5.52. The van der Waals surface area contributed by atoms with Crippen LogP contribution in [-0.4, -0.2) is 59.9 Å². The Hall–Kier alpha value is -4.23. The molecule has 13 heteroatoms. The first-order valence-corrected chi connectivity index (χ1v) is 14.0. The molecule has 6 rings (SSSR count). The molecule has 0 saturated heterocycles. The molecule has 0 bridgehead atoms. The number of rotatable bonds is 6. The number of aromatic nitrogens is 4. The average molecular weight is 598 g/mol. The second-order valence-electron chi connectivity index (χ2n) is 10.5. The van der Waals surface area contributed by atoms with Crippen molar-refractivity contribution in [2.75, 3.05) is 6.54 Å². The minimum Gasteiger partial charge on any atom is -0.493 e. The molecule has 0 radical (unpaired) electrons. The van der Waals surface area contributed by atoms with Gasteiger partial charge in [-0.25, -0.2) is 9.67 Å². The normalized spacial score (nSPS) is 16.7. The molecule has 0 fully saturated rings. The Morgan fingerprint density at radius 1 is 1.21 bits per heavy atom. The quantitative estimate of drug-likeness (QED) is 0.263. The first-order chi connectivity index (χ1) is 20.0. The minimum atomic E-state index is -4.62. The van der Waals surface area contributed by atoms with Gasteiger partial charge in [0, 0.05) is 43.4 Å². The largest absolute Gasteiger partial charge is 0.493 e. The van der Waals surface area contributed by atoms with Crippen LogP contribution in [0, 0.1) is 6.92 Å². The highest BCUT2D eigenvalue weighted by Gasteiger charge is 2.44. The molecule has 3 aromatic heterocycles. The van der Waals surface area contributed by atoms with Crippen LogP contribution in [0.3, 0.4) is 0 Å². The van der Waals surface area contributed by atoms with Gasteiger partial charge >= 0.3 is 12.1 Å². The topological polar surface area (TPSA) is 114 Å². The van der Waals surface area contributed by atoms with Crippen LogP contribution in [-0.2, 0) is 24.9 Å². The molecule has 0 saturated carbocycles. The van der Waals surface area contributed by atoms with Crippen LogP contribution in [0.4, 0.5) is 13.2 Å². The van der Waals surface area contributed by atoms with E-state index in [9.17, 15) is 28.2 Å². The molecule has 9 nitrogen and oxygen atoms in total. The van der Waals surface area contributed by atoms with Gasteiger partial charge in [-0.3, -0.25) is 9.69 Å². The summed E-state index contributed by atoms with van der Waals surface area (Å²) in [6.07, 6.45) is -6.90. The third kappa shape index (κ3) is 5.25. The molecule has 218 valence electrons. The SMILES string of the molecule is Cc1c([C@H](CC(=O)O)c2cc(CN3Cc4nc(O)ccc4O[C@@H](C(F)(F)F)C3)c3sccc3c2)ccc2c1nnn2C. The zero-order valence-corrected chi connectivity index (χ0v) is 23.4. The summed E-state index contributed by atoms with van der Waals surface area (Å²) < 4.78 is 49.7. The molecule has 0 unspecified atom stereocenters. The lowest BCUT2D eigenvalue weighted by molar-refractivity contribution is -0.198. The van der Waals surface area contributed by atoms with Crippen molar-refractivity contribution >= 4 is 38.4 Å². The number of carboxylic acids is 1. The Morgan fingerprint density at radius 2 is 2.02 bits per heavy atom. The number of hydrogen-bond donors (Lipinski definition) is 2. The number of alkyl halides is 3. The number of thiophene rings is 1. The Bertz CT molecular complexity index is 1820. The lowest BCUT2D eigenvalue weighted by Gasteiger charge is -2.26. The highest BCUT2D eigenvalue weighted by atomic mass is 32.1. The van der Waals surface area contributed by atoms with Crippen LogP contribution in [0.2, 0.25) is 0 Å². The molecule has 1 aliphatic heterocycles. The van der Waals surface area contributed by atoms with Crippen molar-refractivity contribution in [1.29, 1.82) is 0 Å². The molecule has 5 aromatic rings. The van der Waals surface area contributed by atoms with Crippen LogP contribution in [0.1, 0.15) is 40.3 Å². The van der Waals surface area contributed by atoms with Gasteiger partial charge in [-0.15, -0.1) is 16.4 Å². The second kappa shape index (κ2) is 10.6. The number of aromatic hydroxyl groups is 1. The van der Waals surface area contributed by atoms with Crippen molar-refractivity contribution in [3.63, 3.8) is 0 Å². The molecule has 2 N–H and O–H groups in total. The molecule has 2 atom stereocenters. The Kier molecular flexibility index (Phi) is 7.01. The summed E-state index contributed by atoms with van der Waals surface area (Å²) in [5.41, 5.74) is 4.81. The van der Waals surface area contributed by atoms with E-state index in [2.05, 4.69) is 15.3 Å². The molecule has 0 amide bonds. The number of benzene rings is 2. The highest BCUT2D eigenvalue weighted by Crippen LogP contribution is 2.38. The lowest BCUT2D eigenvalue weighted by atomic mass is 9.84. The maximum atomic E-state index is 14.0. The summed E-state index contributed by atoms with van der Waals surface area (Å²) in [5, 5.41) is 30.9. The standard InChI is InChI=1S/C29H26F3N5O4S/c1-15-19(3-4-22-27(15)34-35-36(22)2)20(11-26(39)40)17-9-16-7-8-42-28(16)18(10-17)12-37-13-21-23(5-6-25(38)33-21)41-24(14-37)29(30,31)32/h3-10,20,24H,11-14H2,1-2H3,(H,33,38)(H,39,40)/t20-,24-/m1/s1. The van der Waals surface area contributed by atoms with E-state index in [-0.39, 0.29) is 36.8 Å². The summed E-state index contributed by atoms with van der Waals surface area (Å²) in [6.45, 7) is 1.59. The van der Waals surface area contributed by atoms with Crippen LogP contribution >= 0.6 is 11.3 Å². The number of fused-ring (bicyclic) bond motifs is 3. The van der Waals surface area contributed by atoms with Crippen molar-refractivity contribution in [3.05, 3.63) is 75.8 Å². The second-order valence-corrected chi connectivity index (χ2v) is 11.4. The molecule has 42 heavy (non-hydrogen) atoms. The maximum Gasteiger partial charge on any atom is 0.426 e. The number of hydrogen-bond acceptors (Lipinski definition) is 8. The van der Waals surface area contributed by atoms with Gasteiger partial charge in [0.2, 0.25) is 12.0 Å². The monoisotopic (exact) mass is 597 g/mol. The van der Waals surface area contributed by atoms with Crippen molar-refractivity contribution in [1.82, 2.24) is 24.9 Å². The van der Waals surface area contributed by atoms with Crippen LogP contribution in [0.15, 0.2) is 47.8 Å². The van der Waals surface area contributed by atoms with E-state index in [0.29, 0.717) is 5.52 Å². The molecule has 2 aromatic carbocycles. The fourth-order valence-corrected chi connectivity index (χ4v) is 6.53. The third-order valence-electron chi connectivity index (χ3n) is 7.63. The Balaban J connectivity index is 1.43. The number of aryl methyl sites for hydroxylation is 2. The number of nitrogens with zero attached hydrogens (tertiary/aromatic N) is 5. The molecule has 4 heterocycles. The average Bonchev–Trinajstić information content (AvgIpc) is 3.50. The molecule has 0 aliphatic carbocycles. The summed E-state index contributed by atoms with van der Waals surface area (Å²) in [7, 11) is 1.78. The van der Waals surface area contributed by atoms with Gasteiger partial charge in [0.25, 0.3) is 0 Å². The summed E-state index contributed by atoms with van der Waals surface area (Å²) in [6, 6.07) is 12.0. The summed E-state index contributed by atoms with van der Waals surface area (Å²) in [4.78, 5) is 17.7. The Morgan fingerprint density at radius 3 is 2.79 bits per heavy atom. The third-order valence-corrected chi connectivity index (χ3v) is 8.64. The first-order valence-electron chi connectivity index (χ1n) is 13.1. The fourth-order valence-electron chi connectivity index (χ4n) is 5.64. The highest BCUT2D eigenvalue weighted by molar-refractivity contribution is 7.17. The lowest BCUT2D eigenvalue weighted by Crippen LogP contribution is -2.42. The van der Waals surface area contributed by atoms with Crippen LogP contribution in [0.5, 0.6) is 11.6 Å². The minimum absolute atomic E-state index is 0.0222. The van der Waals surface area contributed by atoms with E-state index in [4.69, 9.17) is 4.74 Å². The number of ether oxygens (including phenoxy) is 1. The fraction of sp³-hybridized carbons (Fsp3) is 0.310. The summed E-state index contributed by atoms with van der Waals surface area (Å²) >= 11 is 1.47. The van der Waals surface area contributed by atoms with E-state index in [1.165, 1.54) is 23.5 Å². The number of carbonyl (C=O) groups is 1. The van der Waals surface area contributed by atoms with Crippen molar-refractivity contribution < 1.29 is 32.9 Å². The zero-order valence-electron chi connectivity index (χ0n) is 22.6. The van der Waals surface area contributed by atoms with Crippen molar-refractivity contribution in [3.8, 4) is 11.6 Å². The first kappa shape index (κ1) is 27.9. The Labute approximate surface area is 241 Å². The number of pyridine rings is 1.